The van der Waals surface area contributed by atoms with Gasteiger partial charge in [0.25, 0.3) is 6.29 Å². The largest absolute Gasteiger partial charge is 0.407 e. The summed E-state index contributed by atoms with van der Waals surface area (Å²) in [4.78, 5) is 17.5. The van der Waals surface area contributed by atoms with E-state index in [1.54, 1.807) is 0 Å². The Morgan fingerprint density at radius 3 is 2.93 bits per heavy atom. The molecular formula is C6H4F2N3O2S. The quantitative estimate of drug-likeness (QED) is 0.600. The number of hydrogen-bond donors (Lipinski definition) is 1. The highest BCUT2D eigenvalue weighted by Crippen LogP contribution is 2.11. The fourth-order valence-corrected chi connectivity index (χ4v) is 1.15. The van der Waals surface area contributed by atoms with E-state index in [0.29, 0.717) is 0 Å². The minimum Gasteiger partial charge on any atom is -0.375 e. The zero-order valence-corrected chi connectivity index (χ0v) is 7.42. The molecule has 0 aromatic carbocycles. The van der Waals surface area contributed by atoms with Crippen LogP contribution in [0.15, 0.2) is 10.5 Å². The number of nitrogen functional groups attached to an aromatic ring is 1. The lowest BCUT2D eigenvalue weighted by molar-refractivity contribution is -0.127. The Bertz CT molecular complexity index is 353. The number of thiazole rings is 1. The Labute approximate surface area is 81.2 Å². The first-order chi connectivity index (χ1) is 6.63. The Kier molecular flexibility index (Phi) is 3.46. The van der Waals surface area contributed by atoms with Crippen LogP contribution in [-0.4, -0.2) is 23.6 Å². The maximum Gasteiger partial charge on any atom is 0.407 e. The van der Waals surface area contributed by atoms with Gasteiger partial charge in [-0.05, 0) is 0 Å². The van der Waals surface area contributed by atoms with Gasteiger partial charge in [0.1, 0.15) is 5.69 Å². The molecule has 1 aromatic heterocycles. The summed E-state index contributed by atoms with van der Waals surface area (Å²) in [6, 6.07) is 0. The van der Waals surface area contributed by atoms with Crippen molar-refractivity contribution in [2.24, 2.45) is 5.16 Å². The van der Waals surface area contributed by atoms with Gasteiger partial charge in [-0.3, -0.25) is 4.79 Å². The first kappa shape index (κ1) is 10.5. The Morgan fingerprint density at radius 2 is 2.50 bits per heavy atom. The van der Waals surface area contributed by atoms with E-state index in [0.717, 1.165) is 11.3 Å². The molecule has 0 aliphatic carbocycles. The van der Waals surface area contributed by atoms with E-state index in [1.165, 1.54) is 11.7 Å². The van der Waals surface area contributed by atoms with E-state index in [4.69, 9.17) is 5.73 Å². The van der Waals surface area contributed by atoms with E-state index in [2.05, 4.69) is 15.0 Å². The first-order valence-corrected chi connectivity index (χ1v) is 4.13. The van der Waals surface area contributed by atoms with Crippen LogP contribution in [0.3, 0.4) is 0 Å². The van der Waals surface area contributed by atoms with Gasteiger partial charge in [-0.1, -0.05) is 5.16 Å². The summed E-state index contributed by atoms with van der Waals surface area (Å²) < 4.78 is 23.1. The van der Waals surface area contributed by atoms with Crippen LogP contribution in [0, 0.1) is 0 Å². The number of rotatable bonds is 4. The predicted octanol–water partition coefficient (Wildman–Crippen LogP) is 0.778. The molecule has 0 saturated heterocycles. The molecule has 1 heterocycles. The monoisotopic (exact) mass is 220 g/mol. The summed E-state index contributed by atoms with van der Waals surface area (Å²) in [6.45, 7) is -3.09. The molecule has 0 aliphatic rings. The highest BCUT2D eigenvalue weighted by Gasteiger charge is 2.10. The third-order valence-corrected chi connectivity index (χ3v) is 1.76. The number of nitrogens with zero attached hydrogens (tertiary/aromatic N) is 2. The minimum atomic E-state index is -3.09. The number of oxime groups is 1. The second kappa shape index (κ2) is 4.61. The summed E-state index contributed by atoms with van der Waals surface area (Å²) in [7, 11) is 0. The Balaban J connectivity index is 2.81. The van der Waals surface area contributed by atoms with E-state index < -0.39 is 12.3 Å². The number of hydrogen-bond acceptors (Lipinski definition) is 6. The number of aromatic nitrogens is 1. The van der Waals surface area contributed by atoms with Crippen LogP contribution < -0.4 is 5.73 Å². The van der Waals surface area contributed by atoms with Gasteiger partial charge in [-0.25, -0.2) is 4.98 Å². The molecule has 0 aliphatic heterocycles. The van der Waals surface area contributed by atoms with Crippen molar-refractivity contribution in [3.63, 3.8) is 0 Å². The first-order valence-electron chi connectivity index (χ1n) is 3.25. The van der Waals surface area contributed by atoms with Gasteiger partial charge >= 0.3 is 6.61 Å². The molecule has 14 heavy (non-hydrogen) atoms. The average molecular weight is 220 g/mol. The average Bonchev–Trinajstić information content (AvgIpc) is 2.53. The molecular weight excluding hydrogens is 216 g/mol. The minimum absolute atomic E-state index is 0.0585. The molecule has 0 saturated carbocycles. The molecule has 0 bridgehead atoms. The highest BCUT2D eigenvalue weighted by atomic mass is 32.1. The summed E-state index contributed by atoms with van der Waals surface area (Å²) >= 11 is 1.05. The molecule has 1 radical (unpaired) electrons. The molecule has 75 valence electrons. The van der Waals surface area contributed by atoms with Crippen molar-refractivity contribution < 1.29 is 18.4 Å². The third-order valence-electron chi connectivity index (χ3n) is 1.08. The summed E-state index contributed by atoms with van der Waals surface area (Å²) in [5.74, 6) is 0. The van der Waals surface area contributed by atoms with Crippen LogP contribution in [0.25, 0.3) is 0 Å². The van der Waals surface area contributed by atoms with E-state index >= 15 is 0 Å². The molecule has 0 atom stereocenters. The fourth-order valence-electron chi connectivity index (χ4n) is 0.607. The third kappa shape index (κ3) is 2.73. The molecule has 1 rings (SSSR count). The lowest BCUT2D eigenvalue weighted by Crippen LogP contribution is -2.05. The van der Waals surface area contributed by atoms with Crippen molar-refractivity contribution in [2.45, 2.75) is 6.61 Å². The molecule has 0 spiro atoms. The maximum atomic E-state index is 11.6. The van der Waals surface area contributed by atoms with Gasteiger partial charge in [-0.15, -0.1) is 11.3 Å². The molecule has 1 aromatic rings. The molecule has 8 heteroatoms. The predicted molar refractivity (Wildman–Crippen MR) is 45.8 cm³/mol. The van der Waals surface area contributed by atoms with Gasteiger partial charge in [0.05, 0.1) is 0 Å². The van der Waals surface area contributed by atoms with Crippen molar-refractivity contribution in [1.29, 1.82) is 0 Å². The lowest BCUT2D eigenvalue weighted by atomic mass is 10.3. The van der Waals surface area contributed by atoms with Gasteiger partial charge in [0, 0.05) is 5.38 Å². The van der Waals surface area contributed by atoms with Crippen LogP contribution in [0.2, 0.25) is 0 Å². The highest BCUT2D eigenvalue weighted by molar-refractivity contribution is 7.13. The summed E-state index contributed by atoms with van der Waals surface area (Å²) in [5.41, 5.74) is 4.87. The smallest absolute Gasteiger partial charge is 0.375 e. The SMILES string of the molecule is Nc1nc(/C([C]=O)=N\OC(F)F)cs1. The van der Waals surface area contributed by atoms with Crippen LogP contribution in [0.5, 0.6) is 0 Å². The molecule has 0 amide bonds. The van der Waals surface area contributed by atoms with Crippen molar-refractivity contribution in [3.8, 4) is 0 Å². The van der Waals surface area contributed by atoms with E-state index in [1.807, 2.05) is 0 Å². The molecule has 0 unspecified atom stereocenters. The zero-order valence-electron chi connectivity index (χ0n) is 6.61. The zero-order chi connectivity index (χ0) is 10.6. The van der Waals surface area contributed by atoms with Crippen molar-refractivity contribution >= 4 is 28.5 Å². The van der Waals surface area contributed by atoms with Gasteiger partial charge in [-0.2, -0.15) is 8.78 Å². The topological polar surface area (TPSA) is 77.6 Å². The van der Waals surface area contributed by atoms with E-state index in [9.17, 15) is 13.6 Å². The summed E-state index contributed by atoms with van der Waals surface area (Å²) in [6.07, 6.45) is 1.32. The van der Waals surface area contributed by atoms with Crippen LogP contribution in [-0.2, 0) is 9.63 Å². The molecule has 2 N–H and O–H groups in total. The number of alkyl halides is 2. The van der Waals surface area contributed by atoms with Crippen LogP contribution in [0.4, 0.5) is 13.9 Å². The normalized spacial score (nSPS) is 11.8. The van der Waals surface area contributed by atoms with Gasteiger partial charge in [0.2, 0.25) is 0 Å². The van der Waals surface area contributed by atoms with Crippen LogP contribution >= 0.6 is 11.3 Å². The molecule has 0 fully saturated rings. The fraction of sp³-hybridized carbons (Fsp3) is 0.167. The second-order valence-corrected chi connectivity index (χ2v) is 2.87. The van der Waals surface area contributed by atoms with E-state index in [-0.39, 0.29) is 10.8 Å². The number of anilines is 1. The van der Waals surface area contributed by atoms with Crippen LogP contribution in [0.1, 0.15) is 5.69 Å². The number of carbonyl (C=O) groups excluding carboxylic acids is 1. The lowest BCUT2D eigenvalue weighted by Gasteiger charge is -1.95. The summed E-state index contributed by atoms with van der Waals surface area (Å²) in [5, 5.41) is 4.43. The van der Waals surface area contributed by atoms with Gasteiger partial charge < -0.3 is 10.6 Å². The molecule has 5 nitrogen and oxygen atoms in total. The van der Waals surface area contributed by atoms with Crippen molar-refractivity contribution in [3.05, 3.63) is 11.1 Å². The van der Waals surface area contributed by atoms with Crippen molar-refractivity contribution in [1.82, 2.24) is 4.98 Å². The number of halogens is 2. The maximum absolute atomic E-state index is 11.6. The van der Waals surface area contributed by atoms with Gasteiger partial charge in [0.15, 0.2) is 10.8 Å². The second-order valence-electron chi connectivity index (χ2n) is 1.98. The standard InChI is InChI=1S/C6H4F2N3O2S/c7-5(8)13-11-3(1-12)4-2-14-6(9)10-4/h2,5H,(H2,9,10)/b11-3-. The Morgan fingerprint density at radius 1 is 1.79 bits per heavy atom. The Hall–Kier alpha value is -1.57. The van der Waals surface area contributed by atoms with Crippen molar-refractivity contribution in [2.75, 3.05) is 5.73 Å². The number of nitrogens with two attached hydrogens (primary N) is 1.